The Kier molecular flexibility index (Phi) is 4.10. The van der Waals surface area contributed by atoms with Gasteiger partial charge in [-0.15, -0.1) is 0 Å². The van der Waals surface area contributed by atoms with Gasteiger partial charge >= 0.3 is 0 Å². The number of nitrogens with two attached hydrogens (primary N) is 2. The summed E-state index contributed by atoms with van der Waals surface area (Å²) in [7, 11) is 0. The van der Waals surface area contributed by atoms with Gasteiger partial charge in [0, 0.05) is 17.0 Å². The molecule has 2 rings (SSSR count). The van der Waals surface area contributed by atoms with Crippen LogP contribution in [0.4, 0.5) is 10.2 Å². The predicted octanol–water partition coefficient (Wildman–Crippen LogP) is 1.97. The second-order valence-electron chi connectivity index (χ2n) is 4.51. The van der Waals surface area contributed by atoms with E-state index in [1.54, 1.807) is 19.9 Å². The van der Waals surface area contributed by atoms with Gasteiger partial charge in [-0.25, -0.2) is 9.37 Å². The third-order valence-corrected chi connectivity index (χ3v) is 3.69. The Morgan fingerprint density at radius 3 is 2.70 bits per heavy atom. The van der Waals surface area contributed by atoms with E-state index in [-0.39, 0.29) is 23.2 Å². The summed E-state index contributed by atoms with van der Waals surface area (Å²) < 4.78 is 13.6. The molecule has 0 fully saturated rings. The average Bonchev–Trinajstić information content (AvgIpc) is 2.31. The molecule has 1 aromatic carbocycles. The Labute approximate surface area is 119 Å². The molecule has 0 saturated heterocycles. The van der Waals surface area contributed by atoms with E-state index in [1.165, 1.54) is 23.9 Å². The predicted molar refractivity (Wildman–Crippen MR) is 77.1 cm³/mol. The van der Waals surface area contributed by atoms with Crippen molar-refractivity contribution in [3.8, 4) is 0 Å². The molecule has 0 spiro atoms. The number of H-pyrrole nitrogens is 1. The van der Waals surface area contributed by atoms with Gasteiger partial charge in [-0.1, -0.05) is 11.8 Å². The molecule has 0 radical (unpaired) electrons. The monoisotopic (exact) mass is 294 g/mol. The zero-order valence-corrected chi connectivity index (χ0v) is 11.9. The number of aromatic nitrogens is 2. The second-order valence-corrected chi connectivity index (χ2v) is 5.54. The minimum Gasteiger partial charge on any atom is -0.383 e. The third kappa shape index (κ3) is 3.17. The number of anilines is 1. The molecule has 5 N–H and O–H groups in total. The van der Waals surface area contributed by atoms with Crippen LogP contribution in [-0.4, -0.2) is 9.97 Å². The smallest absolute Gasteiger partial charge is 0.253 e. The molecule has 0 aliphatic carbocycles. The highest BCUT2D eigenvalue weighted by Crippen LogP contribution is 2.32. The maximum atomic E-state index is 13.6. The largest absolute Gasteiger partial charge is 0.383 e. The SMILES string of the molecule is Cc1cc(Sc2nc(N)cc(=O)[nH]2)c([C@H](C)N)cc1F. The number of nitrogens with zero attached hydrogens (tertiary/aromatic N) is 1. The van der Waals surface area contributed by atoms with Crippen LogP contribution in [0.1, 0.15) is 24.1 Å². The normalized spacial score (nSPS) is 12.4. The lowest BCUT2D eigenvalue weighted by Gasteiger charge is -2.13. The van der Waals surface area contributed by atoms with Gasteiger partial charge in [0.15, 0.2) is 5.16 Å². The van der Waals surface area contributed by atoms with E-state index in [1.807, 2.05) is 0 Å². The first-order chi connectivity index (χ1) is 9.36. The molecule has 1 heterocycles. The number of nitrogens with one attached hydrogen (secondary N) is 1. The number of hydrogen-bond acceptors (Lipinski definition) is 5. The summed E-state index contributed by atoms with van der Waals surface area (Å²) >= 11 is 1.20. The summed E-state index contributed by atoms with van der Waals surface area (Å²) in [6.07, 6.45) is 0. The Hall–Kier alpha value is -1.86. The molecular formula is C13H15FN4OS. The van der Waals surface area contributed by atoms with Crippen LogP contribution in [0, 0.1) is 12.7 Å². The minimum atomic E-state index is -0.333. The van der Waals surface area contributed by atoms with Crippen molar-refractivity contribution >= 4 is 17.6 Å². The Bertz CT molecular complexity index is 699. The van der Waals surface area contributed by atoms with Crippen LogP contribution in [-0.2, 0) is 0 Å². The van der Waals surface area contributed by atoms with E-state index in [0.29, 0.717) is 16.3 Å². The van der Waals surface area contributed by atoms with Crippen LogP contribution < -0.4 is 17.0 Å². The van der Waals surface area contributed by atoms with Crippen LogP contribution in [0.15, 0.2) is 33.0 Å². The Morgan fingerprint density at radius 1 is 1.40 bits per heavy atom. The van der Waals surface area contributed by atoms with Gasteiger partial charge in [-0.05, 0) is 37.1 Å². The molecule has 1 aromatic heterocycles. The maximum absolute atomic E-state index is 13.6. The summed E-state index contributed by atoms with van der Waals surface area (Å²) in [6, 6.07) is 3.96. The fourth-order valence-corrected chi connectivity index (χ4v) is 2.83. The van der Waals surface area contributed by atoms with Crippen molar-refractivity contribution in [2.24, 2.45) is 5.73 Å². The zero-order chi connectivity index (χ0) is 14.9. The maximum Gasteiger partial charge on any atom is 0.253 e. The van der Waals surface area contributed by atoms with E-state index in [0.717, 1.165) is 4.90 Å². The molecule has 0 bridgehead atoms. The lowest BCUT2D eigenvalue weighted by atomic mass is 10.1. The van der Waals surface area contributed by atoms with Crippen LogP contribution in [0.25, 0.3) is 0 Å². The van der Waals surface area contributed by atoms with Crippen LogP contribution in [0.3, 0.4) is 0 Å². The Balaban J connectivity index is 2.47. The lowest BCUT2D eigenvalue weighted by Crippen LogP contribution is -2.10. The number of hydrogen-bond donors (Lipinski definition) is 3. The van der Waals surface area contributed by atoms with E-state index in [9.17, 15) is 9.18 Å². The number of aromatic amines is 1. The Morgan fingerprint density at radius 2 is 2.10 bits per heavy atom. The quantitative estimate of drug-likeness (QED) is 0.752. The van der Waals surface area contributed by atoms with Crippen LogP contribution in [0.2, 0.25) is 0 Å². The molecule has 0 aliphatic heterocycles. The molecule has 2 aromatic rings. The fraction of sp³-hybridized carbons (Fsp3) is 0.231. The number of halogens is 1. The van der Waals surface area contributed by atoms with Crippen LogP contribution in [0.5, 0.6) is 0 Å². The summed E-state index contributed by atoms with van der Waals surface area (Å²) in [5.41, 5.74) is 12.2. The van der Waals surface area contributed by atoms with Crippen molar-refractivity contribution in [1.29, 1.82) is 0 Å². The molecule has 20 heavy (non-hydrogen) atoms. The standard InChI is InChI=1S/C13H15FN4OS/c1-6-3-10(8(7(2)15)4-9(6)14)20-13-17-11(16)5-12(19)18-13/h3-5,7H,15H2,1-2H3,(H3,16,17,18,19)/t7-/m0/s1. The first-order valence-electron chi connectivity index (χ1n) is 5.97. The molecule has 0 saturated carbocycles. The first kappa shape index (κ1) is 14.5. The molecule has 0 amide bonds. The fourth-order valence-electron chi connectivity index (χ4n) is 1.72. The minimum absolute atomic E-state index is 0.137. The summed E-state index contributed by atoms with van der Waals surface area (Å²) in [5.74, 6) is -0.173. The highest BCUT2D eigenvalue weighted by molar-refractivity contribution is 7.99. The van der Waals surface area contributed by atoms with Gasteiger partial charge in [0.1, 0.15) is 11.6 Å². The van der Waals surface area contributed by atoms with E-state index < -0.39 is 0 Å². The summed E-state index contributed by atoms with van der Waals surface area (Å²) in [5, 5.41) is 0.350. The van der Waals surface area contributed by atoms with Crippen molar-refractivity contribution < 1.29 is 4.39 Å². The first-order valence-corrected chi connectivity index (χ1v) is 6.79. The second kappa shape index (κ2) is 5.64. The van der Waals surface area contributed by atoms with Gasteiger partial charge in [0.05, 0.1) is 0 Å². The highest BCUT2D eigenvalue weighted by Gasteiger charge is 2.13. The van der Waals surface area contributed by atoms with Gasteiger partial charge in [-0.3, -0.25) is 4.79 Å². The lowest BCUT2D eigenvalue weighted by molar-refractivity contribution is 0.610. The molecule has 106 valence electrons. The van der Waals surface area contributed by atoms with Crippen molar-refractivity contribution in [3.05, 3.63) is 45.5 Å². The molecule has 5 nitrogen and oxygen atoms in total. The van der Waals surface area contributed by atoms with Crippen molar-refractivity contribution in [2.45, 2.75) is 29.9 Å². The van der Waals surface area contributed by atoms with Crippen molar-refractivity contribution in [3.63, 3.8) is 0 Å². The van der Waals surface area contributed by atoms with Crippen molar-refractivity contribution in [2.75, 3.05) is 5.73 Å². The van der Waals surface area contributed by atoms with E-state index in [2.05, 4.69) is 9.97 Å². The topological polar surface area (TPSA) is 97.8 Å². The van der Waals surface area contributed by atoms with Gasteiger partial charge in [0.2, 0.25) is 0 Å². The number of rotatable bonds is 3. The molecular weight excluding hydrogens is 279 g/mol. The molecule has 0 aliphatic rings. The molecule has 7 heteroatoms. The van der Waals surface area contributed by atoms with Crippen LogP contribution >= 0.6 is 11.8 Å². The number of nitrogen functional groups attached to an aromatic ring is 1. The summed E-state index contributed by atoms with van der Waals surface area (Å²) in [4.78, 5) is 18.7. The van der Waals surface area contributed by atoms with Gasteiger partial charge < -0.3 is 16.5 Å². The van der Waals surface area contributed by atoms with Gasteiger partial charge in [0.25, 0.3) is 5.56 Å². The van der Waals surface area contributed by atoms with Gasteiger partial charge in [-0.2, -0.15) is 0 Å². The highest BCUT2D eigenvalue weighted by atomic mass is 32.2. The third-order valence-electron chi connectivity index (χ3n) is 2.73. The van der Waals surface area contributed by atoms with E-state index >= 15 is 0 Å². The zero-order valence-electron chi connectivity index (χ0n) is 11.1. The molecule has 0 unspecified atom stereocenters. The van der Waals surface area contributed by atoms with E-state index in [4.69, 9.17) is 11.5 Å². The number of benzene rings is 1. The average molecular weight is 294 g/mol. The molecule has 1 atom stereocenters. The van der Waals surface area contributed by atoms with Crippen molar-refractivity contribution in [1.82, 2.24) is 9.97 Å². The number of aryl methyl sites for hydroxylation is 1. The summed E-state index contributed by atoms with van der Waals surface area (Å²) in [6.45, 7) is 3.43.